The third kappa shape index (κ3) is 3.60. The van der Waals surface area contributed by atoms with Crippen molar-refractivity contribution in [2.75, 3.05) is 24.3 Å². The highest BCUT2D eigenvalue weighted by Gasteiger charge is 2.03. The van der Waals surface area contributed by atoms with Gasteiger partial charge in [0.05, 0.1) is 0 Å². The van der Waals surface area contributed by atoms with Gasteiger partial charge in [-0.05, 0) is 24.6 Å². The van der Waals surface area contributed by atoms with E-state index in [1.807, 2.05) is 43.3 Å². The van der Waals surface area contributed by atoms with Crippen LogP contribution < -0.4 is 15.8 Å². The summed E-state index contributed by atoms with van der Waals surface area (Å²) < 4.78 is 0. The highest BCUT2D eigenvalue weighted by molar-refractivity contribution is 5.61. The van der Waals surface area contributed by atoms with Crippen molar-refractivity contribution < 1.29 is 0 Å². The second-order valence-electron chi connectivity index (χ2n) is 4.91. The Kier molecular flexibility index (Phi) is 4.40. The number of H-pyrrole nitrogens is 1. The van der Waals surface area contributed by atoms with Crippen molar-refractivity contribution in [3.8, 4) is 0 Å². The van der Waals surface area contributed by atoms with Gasteiger partial charge in [-0.1, -0.05) is 19.4 Å². The third-order valence-corrected chi connectivity index (χ3v) is 2.93. The van der Waals surface area contributed by atoms with Crippen molar-refractivity contribution in [3.63, 3.8) is 0 Å². The van der Waals surface area contributed by atoms with Crippen LogP contribution >= 0.6 is 0 Å². The molecule has 0 spiro atoms. The van der Waals surface area contributed by atoms with Crippen LogP contribution in [-0.4, -0.2) is 24.1 Å². The standard InChI is InChI=1S/C15H20N4O/c1-4-6-11-10-14(20)18-15(16-11)17-12-7-5-8-13(9-12)19(2)3/h5,7-10H,4,6H2,1-3H3,(H2,16,17,18,20). The molecular weight excluding hydrogens is 252 g/mol. The van der Waals surface area contributed by atoms with E-state index in [4.69, 9.17) is 0 Å². The maximum atomic E-state index is 11.6. The minimum Gasteiger partial charge on any atom is -0.378 e. The molecule has 0 aliphatic heterocycles. The number of rotatable bonds is 5. The maximum absolute atomic E-state index is 11.6. The Labute approximate surface area is 118 Å². The van der Waals surface area contributed by atoms with E-state index in [1.54, 1.807) is 6.07 Å². The topological polar surface area (TPSA) is 61.0 Å². The molecule has 0 bridgehead atoms. The molecule has 1 aromatic carbocycles. The fourth-order valence-corrected chi connectivity index (χ4v) is 1.95. The predicted octanol–water partition coefficient (Wildman–Crippen LogP) is 2.53. The van der Waals surface area contributed by atoms with E-state index in [-0.39, 0.29) is 5.56 Å². The highest BCUT2D eigenvalue weighted by Crippen LogP contribution is 2.19. The number of hydrogen-bond acceptors (Lipinski definition) is 4. The summed E-state index contributed by atoms with van der Waals surface area (Å²) in [5, 5.41) is 3.15. The number of aryl methyl sites for hydroxylation is 1. The minimum atomic E-state index is -0.130. The summed E-state index contributed by atoms with van der Waals surface area (Å²) in [4.78, 5) is 20.8. The van der Waals surface area contributed by atoms with Crippen molar-refractivity contribution in [2.45, 2.75) is 19.8 Å². The average Bonchev–Trinajstić information content (AvgIpc) is 2.38. The summed E-state index contributed by atoms with van der Waals surface area (Å²) in [7, 11) is 3.97. The Balaban J connectivity index is 2.25. The zero-order chi connectivity index (χ0) is 14.5. The van der Waals surface area contributed by atoms with Gasteiger partial charge in [0.15, 0.2) is 0 Å². The van der Waals surface area contributed by atoms with Gasteiger partial charge in [0.25, 0.3) is 5.56 Å². The maximum Gasteiger partial charge on any atom is 0.252 e. The largest absolute Gasteiger partial charge is 0.378 e. The molecule has 1 aromatic heterocycles. The molecule has 0 unspecified atom stereocenters. The van der Waals surface area contributed by atoms with Gasteiger partial charge >= 0.3 is 0 Å². The van der Waals surface area contributed by atoms with Gasteiger partial charge in [0.2, 0.25) is 5.95 Å². The van der Waals surface area contributed by atoms with E-state index in [1.165, 1.54) is 0 Å². The molecule has 0 aliphatic rings. The van der Waals surface area contributed by atoms with E-state index in [9.17, 15) is 4.79 Å². The molecule has 0 saturated carbocycles. The van der Waals surface area contributed by atoms with Gasteiger partial charge in [-0.2, -0.15) is 0 Å². The SMILES string of the molecule is CCCc1cc(=O)[nH]c(Nc2cccc(N(C)C)c2)n1. The van der Waals surface area contributed by atoms with Crippen LogP contribution in [0.3, 0.4) is 0 Å². The molecule has 2 aromatic rings. The van der Waals surface area contributed by atoms with Gasteiger partial charge in [-0.3, -0.25) is 9.78 Å². The first kappa shape index (κ1) is 14.1. The first-order chi connectivity index (χ1) is 9.58. The molecule has 0 amide bonds. The van der Waals surface area contributed by atoms with Crippen LogP contribution in [0.4, 0.5) is 17.3 Å². The molecular formula is C15H20N4O. The lowest BCUT2D eigenvalue weighted by molar-refractivity contribution is 0.870. The first-order valence-electron chi connectivity index (χ1n) is 6.73. The van der Waals surface area contributed by atoms with Crippen LogP contribution in [0.5, 0.6) is 0 Å². The quantitative estimate of drug-likeness (QED) is 0.878. The molecule has 5 nitrogen and oxygen atoms in total. The van der Waals surface area contributed by atoms with Gasteiger partial charge in [0.1, 0.15) is 0 Å². The average molecular weight is 272 g/mol. The van der Waals surface area contributed by atoms with Gasteiger partial charge in [-0.25, -0.2) is 4.98 Å². The number of nitrogens with zero attached hydrogens (tertiary/aromatic N) is 2. The molecule has 0 radical (unpaired) electrons. The third-order valence-electron chi connectivity index (χ3n) is 2.93. The molecule has 106 valence electrons. The second-order valence-corrected chi connectivity index (χ2v) is 4.91. The van der Waals surface area contributed by atoms with E-state index in [0.717, 1.165) is 29.9 Å². The summed E-state index contributed by atoms with van der Waals surface area (Å²) >= 11 is 0. The van der Waals surface area contributed by atoms with E-state index in [0.29, 0.717) is 5.95 Å². The molecule has 20 heavy (non-hydrogen) atoms. The van der Waals surface area contributed by atoms with Crippen molar-refractivity contribution in [1.82, 2.24) is 9.97 Å². The lowest BCUT2D eigenvalue weighted by atomic mass is 10.2. The smallest absolute Gasteiger partial charge is 0.252 e. The van der Waals surface area contributed by atoms with Gasteiger partial charge in [0, 0.05) is 37.2 Å². The normalized spacial score (nSPS) is 10.3. The van der Waals surface area contributed by atoms with Crippen LogP contribution in [0.1, 0.15) is 19.0 Å². The lowest BCUT2D eigenvalue weighted by Gasteiger charge is -2.14. The summed E-state index contributed by atoms with van der Waals surface area (Å²) in [6, 6.07) is 9.48. The Hall–Kier alpha value is -2.30. The van der Waals surface area contributed by atoms with Crippen LogP contribution in [0.15, 0.2) is 35.1 Å². The summed E-state index contributed by atoms with van der Waals surface area (Å²) in [5.41, 5.74) is 2.66. The fraction of sp³-hybridized carbons (Fsp3) is 0.333. The first-order valence-corrected chi connectivity index (χ1v) is 6.73. The number of nitrogens with one attached hydrogen (secondary N) is 2. The van der Waals surface area contributed by atoms with Crippen molar-refractivity contribution in [3.05, 3.63) is 46.4 Å². The van der Waals surface area contributed by atoms with E-state index >= 15 is 0 Å². The minimum absolute atomic E-state index is 0.130. The van der Waals surface area contributed by atoms with Crippen molar-refractivity contribution in [2.24, 2.45) is 0 Å². The fourth-order valence-electron chi connectivity index (χ4n) is 1.95. The number of aromatic nitrogens is 2. The highest BCUT2D eigenvalue weighted by atomic mass is 16.1. The molecule has 0 fully saturated rings. The zero-order valence-corrected chi connectivity index (χ0v) is 12.1. The van der Waals surface area contributed by atoms with E-state index in [2.05, 4.69) is 22.2 Å². The summed E-state index contributed by atoms with van der Waals surface area (Å²) in [6.45, 7) is 2.07. The Morgan fingerprint density at radius 3 is 2.80 bits per heavy atom. The van der Waals surface area contributed by atoms with Gasteiger partial charge in [-0.15, -0.1) is 0 Å². The van der Waals surface area contributed by atoms with Crippen molar-refractivity contribution >= 4 is 17.3 Å². The summed E-state index contributed by atoms with van der Waals surface area (Å²) in [6.07, 6.45) is 1.77. The Bertz CT molecular complexity index is 634. The molecule has 0 atom stereocenters. The van der Waals surface area contributed by atoms with Crippen LogP contribution in [0, 0.1) is 0 Å². The molecule has 2 N–H and O–H groups in total. The number of benzene rings is 1. The van der Waals surface area contributed by atoms with Crippen LogP contribution in [0.25, 0.3) is 0 Å². The molecule has 0 saturated heterocycles. The van der Waals surface area contributed by atoms with Crippen LogP contribution in [0.2, 0.25) is 0 Å². The number of hydrogen-bond donors (Lipinski definition) is 2. The second kappa shape index (κ2) is 6.23. The lowest BCUT2D eigenvalue weighted by Crippen LogP contribution is -2.12. The monoisotopic (exact) mass is 272 g/mol. The number of anilines is 3. The van der Waals surface area contributed by atoms with E-state index < -0.39 is 0 Å². The summed E-state index contributed by atoms with van der Waals surface area (Å²) in [5.74, 6) is 0.483. The van der Waals surface area contributed by atoms with Gasteiger partial charge < -0.3 is 10.2 Å². The number of aromatic amines is 1. The Morgan fingerprint density at radius 1 is 1.30 bits per heavy atom. The molecule has 2 rings (SSSR count). The van der Waals surface area contributed by atoms with Crippen LogP contribution in [-0.2, 0) is 6.42 Å². The Morgan fingerprint density at radius 2 is 2.10 bits per heavy atom. The molecule has 0 aliphatic carbocycles. The molecule has 5 heteroatoms. The molecule has 1 heterocycles. The zero-order valence-electron chi connectivity index (χ0n) is 12.1. The predicted molar refractivity (Wildman–Crippen MR) is 82.9 cm³/mol. The van der Waals surface area contributed by atoms with Crippen molar-refractivity contribution in [1.29, 1.82) is 0 Å².